The van der Waals surface area contributed by atoms with Crippen molar-refractivity contribution in [3.05, 3.63) is 0 Å². The number of hydrogen-bond donors (Lipinski definition) is 1. The number of nitrogens with zero attached hydrogens (tertiary/aromatic N) is 2. The van der Waals surface area contributed by atoms with Crippen molar-refractivity contribution in [1.82, 2.24) is 9.80 Å². The van der Waals surface area contributed by atoms with Crippen LogP contribution >= 0.6 is 11.8 Å². The van der Waals surface area contributed by atoms with Crippen molar-refractivity contribution in [1.29, 1.82) is 0 Å². The highest BCUT2D eigenvalue weighted by molar-refractivity contribution is 7.99. The monoisotopic (exact) mass is 234 g/mol. The summed E-state index contributed by atoms with van der Waals surface area (Å²) in [5, 5.41) is 8.74. The van der Waals surface area contributed by atoms with Crippen LogP contribution in [-0.2, 0) is 4.79 Å². The molecule has 0 aliphatic carbocycles. The van der Waals surface area contributed by atoms with E-state index in [1.165, 1.54) is 0 Å². The molecule has 90 valence electrons. The van der Waals surface area contributed by atoms with E-state index >= 15 is 0 Å². The molecule has 0 aromatic heterocycles. The summed E-state index contributed by atoms with van der Waals surface area (Å²) in [6.07, 6.45) is 0. The van der Waals surface area contributed by atoms with Gasteiger partial charge in [-0.3, -0.25) is 9.69 Å². The molecule has 0 atom stereocenters. The minimum atomic E-state index is -0.741. The predicted molar refractivity (Wildman–Crippen MR) is 65.6 cm³/mol. The molecule has 0 aliphatic rings. The van der Waals surface area contributed by atoms with Gasteiger partial charge in [0, 0.05) is 25.4 Å². The van der Waals surface area contributed by atoms with Crippen LogP contribution in [0.4, 0.5) is 0 Å². The molecule has 0 fully saturated rings. The zero-order chi connectivity index (χ0) is 11.7. The van der Waals surface area contributed by atoms with Crippen molar-refractivity contribution in [3.63, 3.8) is 0 Å². The molecule has 4 nitrogen and oxygen atoms in total. The molecule has 0 aromatic carbocycles. The summed E-state index contributed by atoms with van der Waals surface area (Å²) >= 11 is 1.85. The van der Waals surface area contributed by atoms with E-state index < -0.39 is 5.97 Å². The molecule has 1 N–H and O–H groups in total. The topological polar surface area (TPSA) is 43.8 Å². The van der Waals surface area contributed by atoms with E-state index in [0.29, 0.717) is 0 Å². The minimum absolute atomic E-state index is 0.151. The Morgan fingerprint density at radius 2 is 1.93 bits per heavy atom. The third-order valence-electron chi connectivity index (χ3n) is 1.98. The number of carboxylic acids is 1. The third kappa shape index (κ3) is 10.0. The molecule has 0 amide bonds. The van der Waals surface area contributed by atoms with Gasteiger partial charge >= 0.3 is 5.97 Å². The first-order chi connectivity index (χ1) is 7.06. The minimum Gasteiger partial charge on any atom is -0.480 e. The summed E-state index contributed by atoms with van der Waals surface area (Å²) in [7, 11) is 4.00. The van der Waals surface area contributed by atoms with E-state index in [-0.39, 0.29) is 6.54 Å². The first-order valence-electron chi connectivity index (χ1n) is 5.23. The molecule has 0 heterocycles. The maximum absolute atomic E-state index is 10.6. The summed E-state index contributed by atoms with van der Waals surface area (Å²) in [5.41, 5.74) is 0. The van der Waals surface area contributed by atoms with Gasteiger partial charge in [-0.05, 0) is 19.8 Å². The number of carbonyl (C=O) groups is 1. The molecule has 0 saturated carbocycles. The first kappa shape index (κ1) is 14.7. The molecule has 0 aliphatic heterocycles. The molecule has 0 saturated heterocycles. The van der Waals surface area contributed by atoms with E-state index in [1.54, 1.807) is 0 Å². The van der Waals surface area contributed by atoms with Crippen LogP contribution in [0.15, 0.2) is 0 Å². The highest BCUT2D eigenvalue weighted by atomic mass is 32.2. The van der Waals surface area contributed by atoms with Crippen molar-refractivity contribution in [2.45, 2.75) is 6.92 Å². The molecular formula is C10H22N2O2S. The summed E-state index contributed by atoms with van der Waals surface area (Å²) in [5.74, 6) is 1.36. The highest BCUT2D eigenvalue weighted by Gasteiger charge is 2.09. The Morgan fingerprint density at radius 1 is 1.27 bits per heavy atom. The maximum atomic E-state index is 10.6. The molecule has 5 heteroatoms. The number of aliphatic carboxylic acids is 1. The van der Waals surface area contributed by atoms with Gasteiger partial charge in [-0.1, -0.05) is 6.92 Å². The van der Waals surface area contributed by atoms with Gasteiger partial charge in [0.15, 0.2) is 0 Å². The van der Waals surface area contributed by atoms with Crippen LogP contribution in [0, 0.1) is 0 Å². The average Bonchev–Trinajstić information content (AvgIpc) is 2.13. The maximum Gasteiger partial charge on any atom is 0.317 e. The largest absolute Gasteiger partial charge is 0.480 e. The number of rotatable bonds is 9. The standard InChI is InChI=1S/C10H22N2O2S/c1-4-15-8-7-12(9-10(13)14)6-5-11(2)3/h4-9H2,1-3H3,(H,13,14). The quantitative estimate of drug-likeness (QED) is 0.595. The number of carboxylic acid groups (broad SMARTS) is 1. The molecule has 0 rings (SSSR count). The van der Waals surface area contributed by atoms with Gasteiger partial charge in [-0.2, -0.15) is 11.8 Å². The fourth-order valence-electron chi connectivity index (χ4n) is 1.14. The smallest absolute Gasteiger partial charge is 0.317 e. The lowest BCUT2D eigenvalue weighted by atomic mass is 10.4. The van der Waals surface area contributed by atoms with Crippen molar-refractivity contribution in [3.8, 4) is 0 Å². The van der Waals surface area contributed by atoms with Crippen LogP contribution in [0.3, 0.4) is 0 Å². The first-order valence-corrected chi connectivity index (χ1v) is 6.38. The van der Waals surface area contributed by atoms with Crippen LogP contribution in [0.1, 0.15) is 6.92 Å². The zero-order valence-corrected chi connectivity index (χ0v) is 10.7. The molecule has 0 spiro atoms. The van der Waals surface area contributed by atoms with Crippen molar-refractivity contribution < 1.29 is 9.90 Å². The van der Waals surface area contributed by atoms with Crippen LogP contribution in [0.5, 0.6) is 0 Å². The van der Waals surface area contributed by atoms with E-state index in [2.05, 4.69) is 11.8 Å². The van der Waals surface area contributed by atoms with Crippen LogP contribution in [0.25, 0.3) is 0 Å². The van der Waals surface area contributed by atoms with Gasteiger partial charge in [0.2, 0.25) is 0 Å². The predicted octanol–water partition coefficient (Wildman–Crippen LogP) is 0.688. The average molecular weight is 234 g/mol. The van der Waals surface area contributed by atoms with E-state index in [4.69, 9.17) is 5.11 Å². The van der Waals surface area contributed by atoms with Crippen LogP contribution < -0.4 is 0 Å². The fraction of sp³-hybridized carbons (Fsp3) is 0.900. The van der Waals surface area contributed by atoms with Crippen LogP contribution in [-0.4, -0.2) is 72.7 Å². The summed E-state index contributed by atoms with van der Waals surface area (Å²) in [6.45, 7) is 4.86. The summed E-state index contributed by atoms with van der Waals surface area (Å²) in [4.78, 5) is 14.7. The zero-order valence-electron chi connectivity index (χ0n) is 9.90. The molecular weight excluding hydrogens is 212 g/mol. The van der Waals surface area contributed by atoms with Crippen molar-refractivity contribution in [2.24, 2.45) is 0 Å². The fourth-order valence-corrected chi connectivity index (χ4v) is 1.82. The van der Waals surface area contributed by atoms with E-state index in [1.807, 2.05) is 30.8 Å². The van der Waals surface area contributed by atoms with Crippen molar-refractivity contribution >= 4 is 17.7 Å². The Hall–Kier alpha value is -0.260. The van der Waals surface area contributed by atoms with Gasteiger partial charge in [0.05, 0.1) is 6.54 Å². The van der Waals surface area contributed by atoms with Crippen molar-refractivity contribution in [2.75, 3.05) is 51.8 Å². The van der Waals surface area contributed by atoms with Gasteiger partial charge in [0.1, 0.15) is 0 Å². The van der Waals surface area contributed by atoms with Gasteiger partial charge in [-0.25, -0.2) is 0 Å². The summed E-state index contributed by atoms with van der Waals surface area (Å²) < 4.78 is 0. The molecule has 15 heavy (non-hydrogen) atoms. The second kappa shape index (κ2) is 9.00. The Bertz CT molecular complexity index is 177. The van der Waals surface area contributed by atoms with E-state index in [0.717, 1.165) is 31.1 Å². The lowest BCUT2D eigenvalue weighted by molar-refractivity contribution is -0.138. The Balaban J connectivity index is 3.78. The second-order valence-electron chi connectivity index (χ2n) is 3.67. The second-order valence-corrected chi connectivity index (χ2v) is 5.06. The Morgan fingerprint density at radius 3 is 2.40 bits per heavy atom. The van der Waals surface area contributed by atoms with Gasteiger partial charge in [-0.15, -0.1) is 0 Å². The Labute approximate surface area is 96.6 Å². The number of likely N-dealkylation sites (N-methyl/N-ethyl adjacent to an activating group) is 1. The lowest BCUT2D eigenvalue weighted by Crippen LogP contribution is -2.37. The van der Waals surface area contributed by atoms with Gasteiger partial charge < -0.3 is 10.0 Å². The number of hydrogen-bond acceptors (Lipinski definition) is 4. The molecule has 0 radical (unpaired) electrons. The molecule has 0 bridgehead atoms. The van der Waals surface area contributed by atoms with Crippen LogP contribution in [0.2, 0.25) is 0 Å². The third-order valence-corrected chi connectivity index (χ3v) is 2.86. The lowest BCUT2D eigenvalue weighted by Gasteiger charge is -2.21. The van der Waals surface area contributed by atoms with E-state index in [9.17, 15) is 4.79 Å². The normalized spacial score (nSPS) is 11.3. The van der Waals surface area contributed by atoms with Gasteiger partial charge in [0.25, 0.3) is 0 Å². The highest BCUT2D eigenvalue weighted by Crippen LogP contribution is 2.00. The summed E-state index contributed by atoms with van der Waals surface area (Å²) in [6, 6.07) is 0. The SMILES string of the molecule is CCSCCN(CCN(C)C)CC(=O)O. The number of thioether (sulfide) groups is 1. The molecule has 0 unspecified atom stereocenters. The molecule has 0 aromatic rings. The Kier molecular flexibility index (Phi) is 8.85.